The number of carbonyl (C=O) groups is 4. The number of pyridine rings is 2. The lowest BCUT2D eigenvalue weighted by molar-refractivity contribution is -0.124. The van der Waals surface area contributed by atoms with E-state index in [0.717, 1.165) is 44.3 Å². The van der Waals surface area contributed by atoms with Gasteiger partial charge in [0.15, 0.2) is 0 Å². The molecule has 6 atom stereocenters. The molecule has 7 rings (SSSR count). The van der Waals surface area contributed by atoms with Gasteiger partial charge in [-0.1, -0.05) is 136 Å². The highest BCUT2D eigenvalue weighted by atomic mass is 16.6. The molecule has 13 nitrogen and oxygen atoms in total. The highest BCUT2D eigenvalue weighted by Gasteiger charge is 2.51. The van der Waals surface area contributed by atoms with E-state index in [-0.39, 0.29) is 37.0 Å². The van der Waals surface area contributed by atoms with Crippen LogP contribution in [0.5, 0.6) is 0 Å². The van der Waals surface area contributed by atoms with Crippen molar-refractivity contribution in [3.05, 3.63) is 156 Å². The maximum absolute atomic E-state index is 14.2. The first-order chi connectivity index (χ1) is 31.6. The van der Waals surface area contributed by atoms with Crippen molar-refractivity contribution in [1.29, 1.82) is 0 Å². The summed E-state index contributed by atoms with van der Waals surface area (Å²) < 4.78 is 6.46. The molecule has 338 valence electrons. The van der Waals surface area contributed by atoms with Crippen LogP contribution >= 0.6 is 0 Å². The molecule has 4 N–H and O–H groups in total. The first-order valence-electron chi connectivity index (χ1n) is 22.6. The maximum atomic E-state index is 14.2. The van der Waals surface area contributed by atoms with E-state index >= 15 is 0 Å². The monoisotopic (exact) mass is 876 g/mol. The topological polar surface area (TPSA) is 161 Å². The van der Waals surface area contributed by atoms with Crippen molar-refractivity contribution in [3.63, 3.8) is 0 Å². The van der Waals surface area contributed by atoms with Gasteiger partial charge in [-0.3, -0.25) is 19.6 Å². The van der Waals surface area contributed by atoms with Crippen LogP contribution in [0.2, 0.25) is 0 Å². The Bertz CT molecular complexity index is 2370. The van der Waals surface area contributed by atoms with E-state index in [4.69, 9.17) is 14.7 Å². The Kier molecular flexibility index (Phi) is 15.7. The lowest BCUT2D eigenvalue weighted by Gasteiger charge is -2.26. The number of urea groups is 2. The van der Waals surface area contributed by atoms with Gasteiger partial charge in [-0.2, -0.15) is 0 Å². The van der Waals surface area contributed by atoms with Crippen LogP contribution in [0.25, 0.3) is 21.8 Å². The molecule has 6 aromatic rings. The maximum Gasteiger partial charge on any atom is 0.318 e. The van der Waals surface area contributed by atoms with E-state index in [1.807, 2.05) is 147 Å². The zero-order valence-electron chi connectivity index (χ0n) is 37.7. The predicted molar refractivity (Wildman–Crippen MR) is 254 cm³/mol. The van der Waals surface area contributed by atoms with Crippen molar-refractivity contribution < 1.29 is 23.9 Å². The number of fused-ring (bicyclic) bond motifs is 2. The molecule has 0 radical (unpaired) electrons. The summed E-state index contributed by atoms with van der Waals surface area (Å²) in [6, 6.07) is 39.8. The van der Waals surface area contributed by atoms with Crippen molar-refractivity contribution in [2.75, 3.05) is 14.1 Å². The van der Waals surface area contributed by atoms with Crippen LogP contribution in [0.1, 0.15) is 62.0 Å². The van der Waals surface area contributed by atoms with E-state index in [0.29, 0.717) is 38.5 Å². The molecule has 0 saturated carbocycles. The zero-order valence-corrected chi connectivity index (χ0v) is 37.7. The predicted octanol–water partition coefficient (Wildman–Crippen LogP) is 7.33. The lowest BCUT2D eigenvalue weighted by Crippen LogP contribution is -2.55. The number of ether oxygens (including phenoxy) is 1. The molecule has 0 bridgehead atoms. The number of hydrogen-bond donors (Lipinski definition) is 4. The summed E-state index contributed by atoms with van der Waals surface area (Å²) in [4.78, 5) is 68.1. The summed E-state index contributed by atoms with van der Waals surface area (Å²) in [5.41, 5.74) is 5.17. The highest BCUT2D eigenvalue weighted by molar-refractivity contribution is 5.88. The van der Waals surface area contributed by atoms with E-state index < -0.39 is 36.4 Å². The SMILES string of the molecule is CCC[C@H](NC(=O)N(C)Cc1ccc2ccccc2n1)C(=O)N[C@@H](Cc1ccccc1)[C@@H]1O[C@@H]1[C@H](Cc1ccccc1)NC(=O)[C@H](CCC)NC(=O)N(C)Cc1ccc2ccccc2n1. The van der Waals surface area contributed by atoms with Crippen molar-refractivity contribution in [1.82, 2.24) is 41.0 Å². The number of nitrogens with one attached hydrogen (secondary N) is 4. The first kappa shape index (κ1) is 46.1. The van der Waals surface area contributed by atoms with Gasteiger partial charge in [0.1, 0.15) is 24.3 Å². The molecule has 1 aliphatic heterocycles. The number of para-hydroxylation sites is 2. The van der Waals surface area contributed by atoms with E-state index in [1.165, 1.54) is 9.80 Å². The van der Waals surface area contributed by atoms with Crippen LogP contribution in [0.4, 0.5) is 9.59 Å². The highest BCUT2D eigenvalue weighted by Crippen LogP contribution is 2.32. The second-order valence-corrected chi connectivity index (χ2v) is 17.0. The third kappa shape index (κ3) is 12.7. The Morgan fingerprint density at radius 2 is 0.908 bits per heavy atom. The number of hydrogen-bond acceptors (Lipinski definition) is 7. The van der Waals surface area contributed by atoms with Gasteiger partial charge in [0.05, 0.1) is 47.6 Å². The summed E-state index contributed by atoms with van der Waals surface area (Å²) in [5.74, 6) is -0.630. The van der Waals surface area contributed by atoms with Crippen LogP contribution in [-0.2, 0) is 40.3 Å². The Morgan fingerprint density at radius 1 is 0.523 bits per heavy atom. The molecular weight excluding hydrogens is 817 g/mol. The molecule has 0 aliphatic carbocycles. The zero-order chi connectivity index (χ0) is 45.7. The van der Waals surface area contributed by atoms with Crippen LogP contribution in [0, 0.1) is 0 Å². The molecule has 65 heavy (non-hydrogen) atoms. The lowest BCUT2D eigenvalue weighted by atomic mass is 9.95. The molecule has 4 aromatic carbocycles. The van der Waals surface area contributed by atoms with Gasteiger partial charge < -0.3 is 35.8 Å². The number of rotatable bonds is 20. The van der Waals surface area contributed by atoms with E-state index in [1.54, 1.807) is 14.1 Å². The molecule has 1 aliphatic rings. The molecule has 6 amide bonds. The minimum atomic E-state index is -0.802. The molecule has 2 aromatic heterocycles. The fraction of sp³-hybridized carbons (Fsp3) is 0.346. The Labute approximate surface area is 381 Å². The van der Waals surface area contributed by atoms with Gasteiger partial charge in [-0.25, -0.2) is 9.59 Å². The molecule has 3 heterocycles. The largest absolute Gasteiger partial charge is 0.365 e. The minimum Gasteiger partial charge on any atom is -0.365 e. The second-order valence-electron chi connectivity index (χ2n) is 17.0. The van der Waals surface area contributed by atoms with Gasteiger partial charge in [-0.15, -0.1) is 0 Å². The number of carbonyl (C=O) groups excluding carboxylic acids is 4. The summed E-state index contributed by atoms with van der Waals surface area (Å²) in [6.45, 7) is 4.48. The Morgan fingerprint density at radius 3 is 1.31 bits per heavy atom. The van der Waals surface area contributed by atoms with Gasteiger partial charge >= 0.3 is 12.1 Å². The van der Waals surface area contributed by atoms with Gasteiger partial charge in [-0.05, 0) is 61.1 Å². The Balaban J connectivity index is 1.04. The molecule has 0 spiro atoms. The second kappa shape index (κ2) is 22.2. The Hall–Kier alpha value is -6.86. The summed E-state index contributed by atoms with van der Waals surface area (Å²) in [6.07, 6.45) is 2.21. The minimum absolute atomic E-state index is 0.266. The van der Waals surface area contributed by atoms with Crippen LogP contribution in [-0.4, -0.2) is 94.1 Å². The third-order valence-electron chi connectivity index (χ3n) is 11.8. The number of benzene rings is 4. The third-order valence-corrected chi connectivity index (χ3v) is 11.8. The van der Waals surface area contributed by atoms with Gasteiger partial charge in [0.25, 0.3) is 0 Å². The molecule has 1 fully saturated rings. The summed E-state index contributed by atoms with van der Waals surface area (Å²) >= 11 is 0. The fourth-order valence-corrected chi connectivity index (χ4v) is 8.24. The van der Waals surface area contributed by atoms with Gasteiger partial charge in [0.2, 0.25) is 11.8 Å². The van der Waals surface area contributed by atoms with E-state index in [9.17, 15) is 19.2 Å². The van der Waals surface area contributed by atoms with Crippen molar-refractivity contribution in [3.8, 4) is 0 Å². The first-order valence-corrected chi connectivity index (χ1v) is 22.6. The van der Waals surface area contributed by atoms with Crippen LogP contribution < -0.4 is 21.3 Å². The van der Waals surface area contributed by atoms with Gasteiger partial charge in [0, 0.05) is 24.9 Å². The molecule has 13 heteroatoms. The normalized spacial score (nSPS) is 16.1. The number of epoxide rings is 1. The number of nitrogens with zero attached hydrogens (tertiary/aromatic N) is 4. The summed E-state index contributed by atoms with van der Waals surface area (Å²) in [7, 11) is 3.38. The van der Waals surface area contributed by atoms with Crippen molar-refractivity contribution >= 4 is 45.7 Å². The molecule has 0 unspecified atom stereocenters. The summed E-state index contributed by atoms with van der Waals surface area (Å²) in [5, 5.41) is 14.5. The smallest absolute Gasteiger partial charge is 0.318 e. The molecule has 1 saturated heterocycles. The number of aromatic nitrogens is 2. The van der Waals surface area contributed by atoms with Crippen molar-refractivity contribution in [2.45, 2.75) is 102 Å². The number of amides is 6. The standard InChI is InChI=1S/C52H60N8O5/c1-5-17-43(57-51(63)59(3)33-39-29-27-37-23-13-15-25-41(37)53-39)49(61)55-45(31-35-19-9-7-10-20-35)47-48(65-47)46(32-36-21-11-8-12-22-36)56-50(62)44(18-6-2)58-52(64)60(4)34-40-30-28-38-24-14-16-26-42(38)54-40/h7-16,19-30,43-48H,5-6,17-18,31-34H2,1-4H3,(H,55,61)(H,56,62)(H,57,63)(H,58,64)/t43-,44-,45-,46-,47-,48+/m0/s1. The average Bonchev–Trinajstić information content (AvgIpc) is 4.12. The average molecular weight is 877 g/mol. The quantitative estimate of drug-likeness (QED) is 0.0585. The fourth-order valence-electron chi connectivity index (χ4n) is 8.24. The van der Waals surface area contributed by atoms with E-state index in [2.05, 4.69) is 21.3 Å². The van der Waals surface area contributed by atoms with Crippen LogP contribution in [0.3, 0.4) is 0 Å². The van der Waals surface area contributed by atoms with Crippen molar-refractivity contribution in [2.24, 2.45) is 0 Å². The molecular formula is C52H60N8O5. The van der Waals surface area contributed by atoms with Crippen LogP contribution in [0.15, 0.2) is 133 Å².